The average Bonchev–Trinajstić information content (AvgIpc) is 2.83. The molecule has 5 heteroatoms. The van der Waals surface area contributed by atoms with Crippen molar-refractivity contribution < 1.29 is 18.7 Å². The van der Waals surface area contributed by atoms with E-state index in [1.807, 2.05) is 42.5 Å². The molecule has 4 nitrogen and oxygen atoms in total. The Kier molecular flexibility index (Phi) is 6.86. The fourth-order valence-electron chi connectivity index (χ4n) is 4.43. The number of halogens is 1. The lowest BCUT2D eigenvalue weighted by Gasteiger charge is -2.36. The zero-order chi connectivity index (χ0) is 22.4. The Balaban J connectivity index is 1.61. The summed E-state index contributed by atoms with van der Waals surface area (Å²) in [7, 11) is 1.67. The van der Waals surface area contributed by atoms with E-state index in [0.29, 0.717) is 39.0 Å². The van der Waals surface area contributed by atoms with Gasteiger partial charge in [0.05, 0.1) is 12.5 Å². The van der Waals surface area contributed by atoms with Crippen LogP contribution >= 0.6 is 0 Å². The van der Waals surface area contributed by atoms with Crippen LogP contribution in [0, 0.1) is 11.2 Å². The lowest BCUT2D eigenvalue weighted by Crippen LogP contribution is -2.46. The molecule has 1 aliphatic heterocycles. The maximum absolute atomic E-state index is 13.5. The number of methoxy groups -OCH3 is 1. The normalized spacial score (nSPS) is 15.2. The van der Waals surface area contributed by atoms with E-state index in [1.165, 1.54) is 12.1 Å². The zero-order valence-electron chi connectivity index (χ0n) is 18.3. The molecule has 0 aliphatic carbocycles. The van der Waals surface area contributed by atoms with Gasteiger partial charge in [-0.05, 0) is 54.2 Å². The number of nitrogens with one attached hydrogen (secondary N) is 1. The molecule has 3 aromatic carbocycles. The zero-order valence-corrected chi connectivity index (χ0v) is 18.3. The molecule has 0 aromatic heterocycles. The maximum atomic E-state index is 13.5. The molecule has 1 heterocycles. The first-order valence-electron chi connectivity index (χ1n) is 10.9. The van der Waals surface area contributed by atoms with Crippen LogP contribution in [0.5, 0.6) is 5.75 Å². The number of carbonyl (C=O) groups is 1. The van der Waals surface area contributed by atoms with Gasteiger partial charge < -0.3 is 14.8 Å². The third kappa shape index (κ3) is 4.83. The highest BCUT2D eigenvalue weighted by Crippen LogP contribution is 2.39. The number of hydrogen-bond donors (Lipinski definition) is 1. The van der Waals surface area contributed by atoms with Gasteiger partial charge in [-0.2, -0.15) is 0 Å². The minimum atomic E-state index is -0.580. The fraction of sp³-hybridized carbons (Fsp3) is 0.296. The summed E-state index contributed by atoms with van der Waals surface area (Å²) in [6.45, 7) is 1.39. The Bertz CT molecular complexity index is 1080. The van der Waals surface area contributed by atoms with Gasteiger partial charge in [0.1, 0.15) is 11.6 Å². The Hall–Kier alpha value is -3.18. The van der Waals surface area contributed by atoms with Gasteiger partial charge in [0.2, 0.25) is 5.91 Å². The Labute approximate surface area is 188 Å². The summed E-state index contributed by atoms with van der Waals surface area (Å²) in [4.78, 5) is 13.5. The number of ether oxygens (including phenoxy) is 2. The van der Waals surface area contributed by atoms with Gasteiger partial charge >= 0.3 is 0 Å². The second-order valence-corrected chi connectivity index (χ2v) is 8.24. The third-order valence-corrected chi connectivity index (χ3v) is 6.22. The van der Waals surface area contributed by atoms with Gasteiger partial charge in [0.25, 0.3) is 0 Å². The van der Waals surface area contributed by atoms with Crippen LogP contribution in [0.3, 0.4) is 0 Å². The highest BCUT2D eigenvalue weighted by Gasteiger charge is 2.40. The topological polar surface area (TPSA) is 47.6 Å². The molecule has 1 aliphatic rings. The van der Waals surface area contributed by atoms with Crippen molar-refractivity contribution in [1.29, 1.82) is 0 Å². The smallest absolute Gasteiger partial charge is 0.226 e. The van der Waals surface area contributed by atoms with Crippen molar-refractivity contribution in [3.8, 4) is 16.9 Å². The van der Waals surface area contributed by atoms with Crippen LogP contribution in [0.25, 0.3) is 11.1 Å². The van der Waals surface area contributed by atoms with Crippen LogP contribution in [0.4, 0.5) is 4.39 Å². The van der Waals surface area contributed by atoms with Crippen molar-refractivity contribution in [1.82, 2.24) is 5.32 Å². The maximum Gasteiger partial charge on any atom is 0.226 e. The number of hydrogen-bond acceptors (Lipinski definition) is 3. The first-order valence-corrected chi connectivity index (χ1v) is 10.9. The average molecular weight is 434 g/mol. The predicted molar refractivity (Wildman–Crippen MR) is 123 cm³/mol. The van der Waals surface area contributed by atoms with Crippen LogP contribution in [0.2, 0.25) is 0 Å². The standard InChI is InChI=1S/C27H28FNO3/c1-31-25-12-5-4-11-24(25)23-10-3-2-8-21(23)18-27(13-15-32-16-14-27)26(30)29-19-20-7-6-9-22(28)17-20/h2-12,17H,13-16,18-19H2,1H3,(H,29,30). The van der Waals surface area contributed by atoms with Crippen LogP contribution in [0.1, 0.15) is 24.0 Å². The number of carbonyl (C=O) groups excluding carboxylic acids is 1. The third-order valence-electron chi connectivity index (χ3n) is 6.22. The second-order valence-electron chi connectivity index (χ2n) is 8.24. The van der Waals surface area contributed by atoms with Crippen molar-refractivity contribution in [2.75, 3.05) is 20.3 Å². The van der Waals surface area contributed by atoms with E-state index < -0.39 is 5.41 Å². The molecule has 1 fully saturated rings. The van der Waals surface area contributed by atoms with Gasteiger partial charge in [0, 0.05) is 25.3 Å². The summed E-state index contributed by atoms with van der Waals surface area (Å²) in [6, 6.07) is 22.4. The molecule has 0 radical (unpaired) electrons. The van der Waals surface area contributed by atoms with Gasteiger partial charge in [0.15, 0.2) is 0 Å². The van der Waals surface area contributed by atoms with Crippen LogP contribution in [0.15, 0.2) is 72.8 Å². The largest absolute Gasteiger partial charge is 0.496 e. The van der Waals surface area contributed by atoms with Crippen LogP contribution in [-0.2, 0) is 22.5 Å². The molecule has 3 aromatic rings. The predicted octanol–water partition coefficient (Wildman–Crippen LogP) is 5.16. The Morgan fingerprint density at radius 3 is 2.47 bits per heavy atom. The van der Waals surface area contributed by atoms with Crippen molar-refractivity contribution >= 4 is 5.91 Å². The van der Waals surface area contributed by atoms with Crippen LogP contribution in [-0.4, -0.2) is 26.2 Å². The molecule has 4 rings (SSSR count). The van der Waals surface area contributed by atoms with Gasteiger partial charge in [-0.25, -0.2) is 4.39 Å². The van der Waals surface area contributed by atoms with E-state index in [-0.39, 0.29) is 11.7 Å². The number of para-hydroxylation sites is 1. The summed E-state index contributed by atoms with van der Waals surface area (Å²) < 4.78 is 24.7. The Morgan fingerprint density at radius 1 is 1.00 bits per heavy atom. The van der Waals surface area contributed by atoms with Gasteiger partial charge in [-0.15, -0.1) is 0 Å². The highest BCUT2D eigenvalue weighted by molar-refractivity contribution is 5.84. The SMILES string of the molecule is COc1ccccc1-c1ccccc1CC1(C(=O)NCc2cccc(F)c2)CCOCC1. The summed E-state index contributed by atoms with van der Waals surface area (Å²) in [5, 5.41) is 3.05. The summed E-state index contributed by atoms with van der Waals surface area (Å²) in [5.74, 6) is 0.486. The van der Waals surface area contributed by atoms with Crippen molar-refractivity contribution in [2.24, 2.45) is 5.41 Å². The van der Waals surface area contributed by atoms with E-state index in [9.17, 15) is 9.18 Å². The lowest BCUT2D eigenvalue weighted by molar-refractivity contribution is -0.136. The first-order chi connectivity index (χ1) is 15.6. The molecule has 1 saturated heterocycles. The summed E-state index contributed by atoms with van der Waals surface area (Å²) >= 11 is 0. The Morgan fingerprint density at radius 2 is 1.72 bits per heavy atom. The molecule has 0 spiro atoms. The van der Waals surface area contributed by atoms with Gasteiger partial charge in [-0.1, -0.05) is 54.6 Å². The van der Waals surface area contributed by atoms with E-state index in [2.05, 4.69) is 17.4 Å². The summed E-state index contributed by atoms with van der Waals surface area (Å²) in [6.07, 6.45) is 1.88. The fourth-order valence-corrected chi connectivity index (χ4v) is 4.43. The van der Waals surface area contributed by atoms with Crippen molar-refractivity contribution in [3.05, 3.63) is 89.7 Å². The highest BCUT2D eigenvalue weighted by atomic mass is 19.1. The minimum Gasteiger partial charge on any atom is -0.496 e. The molecule has 1 amide bonds. The van der Waals surface area contributed by atoms with Crippen molar-refractivity contribution in [2.45, 2.75) is 25.8 Å². The van der Waals surface area contributed by atoms with E-state index in [1.54, 1.807) is 13.2 Å². The van der Waals surface area contributed by atoms with Crippen molar-refractivity contribution in [3.63, 3.8) is 0 Å². The molecule has 0 saturated carbocycles. The first kappa shape index (κ1) is 22.0. The van der Waals surface area contributed by atoms with Gasteiger partial charge in [-0.3, -0.25) is 4.79 Å². The second kappa shape index (κ2) is 9.96. The van der Waals surface area contributed by atoms with E-state index in [0.717, 1.165) is 28.0 Å². The molecule has 0 bridgehead atoms. The number of rotatable bonds is 7. The molecule has 0 unspecified atom stereocenters. The van der Waals surface area contributed by atoms with Crippen LogP contribution < -0.4 is 10.1 Å². The number of amides is 1. The molecule has 32 heavy (non-hydrogen) atoms. The quantitative estimate of drug-likeness (QED) is 0.560. The monoisotopic (exact) mass is 433 g/mol. The molecule has 0 atom stereocenters. The van der Waals surface area contributed by atoms with E-state index >= 15 is 0 Å². The molecule has 1 N–H and O–H groups in total. The number of benzene rings is 3. The van der Waals surface area contributed by atoms with E-state index in [4.69, 9.17) is 9.47 Å². The molecule has 166 valence electrons. The molecular formula is C27H28FNO3. The molecular weight excluding hydrogens is 405 g/mol. The lowest BCUT2D eigenvalue weighted by atomic mass is 9.73. The minimum absolute atomic E-state index is 0.0140. The summed E-state index contributed by atoms with van der Waals surface area (Å²) in [5.41, 5.74) is 3.33.